The van der Waals surface area contributed by atoms with Crippen LogP contribution < -0.4 is 10.1 Å². The van der Waals surface area contributed by atoms with E-state index in [-0.39, 0.29) is 11.7 Å². The molecular formula is C12H13NO2. The maximum atomic E-state index is 11.9. The smallest absolute Gasteiger partial charge is 0.168 e. The number of ketones is 1. The molecule has 0 spiro atoms. The summed E-state index contributed by atoms with van der Waals surface area (Å²) < 4.78 is 5.41. The van der Waals surface area contributed by atoms with Crippen LogP contribution in [0.25, 0.3) is 0 Å². The molecule has 2 heterocycles. The molecule has 2 aliphatic rings. The lowest BCUT2D eigenvalue weighted by molar-refractivity contribution is 0.0878. The van der Waals surface area contributed by atoms with E-state index in [9.17, 15) is 4.79 Å². The highest BCUT2D eigenvalue weighted by Crippen LogP contribution is 2.27. The molecule has 1 fully saturated rings. The van der Waals surface area contributed by atoms with Crippen molar-refractivity contribution in [2.75, 3.05) is 19.7 Å². The number of hydrogen-bond acceptors (Lipinski definition) is 3. The molecule has 0 aromatic heterocycles. The van der Waals surface area contributed by atoms with Gasteiger partial charge in [-0.2, -0.15) is 0 Å². The van der Waals surface area contributed by atoms with Gasteiger partial charge in [0.25, 0.3) is 0 Å². The molecule has 0 atom stereocenters. The third-order valence-corrected chi connectivity index (χ3v) is 3.13. The van der Waals surface area contributed by atoms with Crippen molar-refractivity contribution in [3.8, 4) is 5.75 Å². The van der Waals surface area contributed by atoms with Gasteiger partial charge in [-0.25, -0.2) is 0 Å². The quantitative estimate of drug-likeness (QED) is 0.729. The predicted octanol–water partition coefficient (Wildman–Crippen LogP) is 1.02. The Morgan fingerprint density at radius 1 is 1.40 bits per heavy atom. The minimum atomic E-state index is 0.186. The van der Waals surface area contributed by atoms with Crippen molar-refractivity contribution in [2.45, 2.75) is 6.42 Å². The van der Waals surface area contributed by atoms with Crippen LogP contribution in [0.1, 0.15) is 15.9 Å². The lowest BCUT2D eigenvalue weighted by Gasteiger charge is -2.25. The van der Waals surface area contributed by atoms with E-state index in [0.717, 1.165) is 37.4 Å². The zero-order chi connectivity index (χ0) is 10.3. The second-order valence-corrected chi connectivity index (χ2v) is 4.14. The first kappa shape index (κ1) is 8.92. The van der Waals surface area contributed by atoms with Crippen LogP contribution >= 0.6 is 0 Å². The molecule has 2 aliphatic heterocycles. The maximum absolute atomic E-state index is 11.9. The predicted molar refractivity (Wildman–Crippen MR) is 56.3 cm³/mol. The summed E-state index contributed by atoms with van der Waals surface area (Å²) in [4.78, 5) is 11.9. The summed E-state index contributed by atoms with van der Waals surface area (Å²) in [6.45, 7) is 2.40. The van der Waals surface area contributed by atoms with E-state index < -0.39 is 0 Å². The van der Waals surface area contributed by atoms with Gasteiger partial charge in [0.15, 0.2) is 5.78 Å². The van der Waals surface area contributed by atoms with Gasteiger partial charge in [-0.1, -0.05) is 0 Å². The Morgan fingerprint density at radius 2 is 2.27 bits per heavy atom. The molecule has 0 unspecified atom stereocenters. The van der Waals surface area contributed by atoms with Gasteiger partial charge in [-0.3, -0.25) is 4.79 Å². The second-order valence-electron chi connectivity index (χ2n) is 4.14. The number of hydrogen-bond donors (Lipinski definition) is 1. The maximum Gasteiger partial charge on any atom is 0.168 e. The summed E-state index contributed by atoms with van der Waals surface area (Å²) in [5.41, 5.74) is 2.01. The lowest BCUT2D eigenvalue weighted by atomic mass is 9.92. The van der Waals surface area contributed by atoms with Crippen LogP contribution in [0.5, 0.6) is 5.75 Å². The topological polar surface area (TPSA) is 38.3 Å². The highest BCUT2D eigenvalue weighted by Gasteiger charge is 2.26. The first-order valence-electron chi connectivity index (χ1n) is 5.35. The van der Waals surface area contributed by atoms with Crippen LogP contribution in [0.15, 0.2) is 18.2 Å². The zero-order valence-electron chi connectivity index (χ0n) is 8.45. The molecule has 1 saturated heterocycles. The third-order valence-electron chi connectivity index (χ3n) is 3.13. The zero-order valence-corrected chi connectivity index (χ0v) is 8.45. The SMILES string of the molecule is O=C(c1ccc2c(c1)CCO2)C1CNC1. The standard InChI is InChI=1S/C12H13NO2/c14-12(10-6-13-7-10)9-1-2-11-8(5-9)3-4-15-11/h1-2,5,10,13H,3-4,6-7H2. The molecule has 15 heavy (non-hydrogen) atoms. The number of rotatable bonds is 2. The van der Waals surface area contributed by atoms with Gasteiger partial charge in [0.2, 0.25) is 0 Å². The summed E-state index contributed by atoms with van der Waals surface area (Å²) in [5.74, 6) is 1.40. The second kappa shape index (κ2) is 3.35. The van der Waals surface area contributed by atoms with Gasteiger partial charge >= 0.3 is 0 Å². The molecule has 3 nitrogen and oxygen atoms in total. The summed E-state index contributed by atoms with van der Waals surface area (Å²) in [6.07, 6.45) is 0.930. The Morgan fingerprint density at radius 3 is 3.00 bits per heavy atom. The van der Waals surface area contributed by atoms with Gasteiger partial charge in [0.05, 0.1) is 6.61 Å². The van der Waals surface area contributed by atoms with E-state index in [1.807, 2.05) is 18.2 Å². The number of carbonyl (C=O) groups excluding carboxylic acids is 1. The highest BCUT2D eigenvalue weighted by atomic mass is 16.5. The molecule has 0 radical (unpaired) electrons. The van der Waals surface area contributed by atoms with E-state index in [0.29, 0.717) is 0 Å². The third kappa shape index (κ3) is 1.43. The first-order chi connectivity index (χ1) is 7.34. The van der Waals surface area contributed by atoms with Crippen molar-refractivity contribution < 1.29 is 9.53 Å². The van der Waals surface area contributed by atoms with E-state index in [1.54, 1.807) is 0 Å². The first-order valence-corrected chi connectivity index (χ1v) is 5.35. The van der Waals surface area contributed by atoms with E-state index in [4.69, 9.17) is 4.74 Å². The fraction of sp³-hybridized carbons (Fsp3) is 0.417. The molecular weight excluding hydrogens is 190 g/mol. The largest absolute Gasteiger partial charge is 0.493 e. The molecule has 78 valence electrons. The Labute approximate surface area is 88.4 Å². The molecule has 0 amide bonds. The highest BCUT2D eigenvalue weighted by molar-refractivity contribution is 5.99. The summed E-state index contributed by atoms with van der Waals surface area (Å²) in [6, 6.07) is 5.79. The minimum Gasteiger partial charge on any atom is -0.493 e. The van der Waals surface area contributed by atoms with Crippen molar-refractivity contribution in [1.29, 1.82) is 0 Å². The molecule has 1 N–H and O–H groups in total. The van der Waals surface area contributed by atoms with Crippen molar-refractivity contribution in [1.82, 2.24) is 5.32 Å². The summed E-state index contributed by atoms with van der Waals surface area (Å²) in [5, 5.41) is 3.12. The van der Waals surface area contributed by atoms with E-state index >= 15 is 0 Å². The van der Waals surface area contributed by atoms with Gasteiger partial charge in [0, 0.05) is 31.0 Å². The van der Waals surface area contributed by atoms with Gasteiger partial charge in [-0.05, 0) is 23.8 Å². The fourth-order valence-electron chi connectivity index (χ4n) is 2.05. The molecule has 1 aromatic carbocycles. The number of Topliss-reactive ketones (excluding diaryl/α,β-unsaturated/α-hetero) is 1. The number of nitrogens with one attached hydrogen (secondary N) is 1. The number of carbonyl (C=O) groups is 1. The number of fused-ring (bicyclic) bond motifs is 1. The Hall–Kier alpha value is -1.35. The Balaban J connectivity index is 1.88. The van der Waals surface area contributed by atoms with Crippen LogP contribution in [0.4, 0.5) is 0 Å². The average molecular weight is 203 g/mol. The van der Waals surface area contributed by atoms with Gasteiger partial charge in [-0.15, -0.1) is 0 Å². The van der Waals surface area contributed by atoms with Crippen molar-refractivity contribution in [3.05, 3.63) is 29.3 Å². The van der Waals surface area contributed by atoms with E-state index in [1.165, 1.54) is 5.56 Å². The van der Waals surface area contributed by atoms with Crippen molar-refractivity contribution in [3.63, 3.8) is 0 Å². The average Bonchev–Trinajstić information content (AvgIpc) is 2.61. The molecule has 3 heteroatoms. The number of ether oxygens (including phenoxy) is 1. The Bertz CT molecular complexity index is 410. The molecule has 3 rings (SSSR count). The normalized spacial score (nSPS) is 19.2. The Kier molecular flexibility index (Phi) is 1.99. The van der Waals surface area contributed by atoms with Gasteiger partial charge < -0.3 is 10.1 Å². The molecule has 0 saturated carbocycles. The molecule has 0 bridgehead atoms. The van der Waals surface area contributed by atoms with Gasteiger partial charge in [0.1, 0.15) is 5.75 Å². The summed E-state index contributed by atoms with van der Waals surface area (Å²) in [7, 11) is 0. The van der Waals surface area contributed by atoms with E-state index in [2.05, 4.69) is 5.32 Å². The molecule has 1 aromatic rings. The van der Waals surface area contributed by atoms with Crippen LogP contribution in [0, 0.1) is 5.92 Å². The fourth-order valence-corrected chi connectivity index (χ4v) is 2.05. The lowest BCUT2D eigenvalue weighted by Crippen LogP contribution is -2.46. The number of benzene rings is 1. The molecule has 0 aliphatic carbocycles. The summed E-state index contributed by atoms with van der Waals surface area (Å²) >= 11 is 0. The monoisotopic (exact) mass is 203 g/mol. The van der Waals surface area contributed by atoms with Crippen LogP contribution in [-0.2, 0) is 6.42 Å². The van der Waals surface area contributed by atoms with Crippen molar-refractivity contribution in [2.24, 2.45) is 5.92 Å². The minimum absolute atomic E-state index is 0.186. The van der Waals surface area contributed by atoms with Crippen LogP contribution in [0.2, 0.25) is 0 Å². The van der Waals surface area contributed by atoms with Crippen LogP contribution in [-0.4, -0.2) is 25.5 Å². The van der Waals surface area contributed by atoms with Crippen molar-refractivity contribution >= 4 is 5.78 Å². The van der Waals surface area contributed by atoms with Crippen LogP contribution in [0.3, 0.4) is 0 Å².